The highest BCUT2D eigenvalue weighted by molar-refractivity contribution is 5.89. The van der Waals surface area contributed by atoms with Gasteiger partial charge in [0.1, 0.15) is 12.1 Å². The van der Waals surface area contributed by atoms with Crippen molar-refractivity contribution in [1.29, 1.82) is 0 Å². The summed E-state index contributed by atoms with van der Waals surface area (Å²) in [4.78, 5) is 28.4. The average Bonchev–Trinajstić information content (AvgIpc) is 3.39. The lowest BCUT2D eigenvalue weighted by Gasteiger charge is -2.45. The molecule has 5 nitrogen and oxygen atoms in total. The minimum atomic E-state index is -0.823. The molecule has 0 spiro atoms. The van der Waals surface area contributed by atoms with Crippen LogP contribution < -0.4 is 0 Å². The second-order valence-corrected chi connectivity index (χ2v) is 9.13. The molecule has 0 bridgehead atoms. The van der Waals surface area contributed by atoms with E-state index in [4.69, 9.17) is 9.47 Å². The Morgan fingerprint density at radius 2 is 1.14 bits per heavy atom. The summed E-state index contributed by atoms with van der Waals surface area (Å²) in [6, 6.07) is 38.8. The Balaban J connectivity index is 1.66. The first-order valence-electron chi connectivity index (χ1n) is 12.4. The predicted octanol–water partition coefficient (Wildman–Crippen LogP) is 5.45. The third kappa shape index (κ3) is 4.66. The average molecular weight is 492 g/mol. The smallest absolute Gasteiger partial charge is 0.338 e. The second kappa shape index (κ2) is 10.8. The molecule has 0 saturated carbocycles. The van der Waals surface area contributed by atoms with Crippen molar-refractivity contribution in [3.63, 3.8) is 0 Å². The molecule has 4 aromatic rings. The van der Waals surface area contributed by atoms with E-state index in [2.05, 4.69) is 41.3 Å². The molecule has 0 aliphatic carbocycles. The number of hydrogen-bond donors (Lipinski definition) is 0. The molecule has 1 unspecified atom stereocenters. The molecule has 1 aliphatic rings. The van der Waals surface area contributed by atoms with Gasteiger partial charge in [-0.2, -0.15) is 0 Å². The molecule has 186 valence electrons. The Hall–Kier alpha value is -4.22. The summed E-state index contributed by atoms with van der Waals surface area (Å²) >= 11 is 0. The van der Waals surface area contributed by atoms with Crippen molar-refractivity contribution in [3.8, 4) is 0 Å². The quantitative estimate of drug-likeness (QED) is 0.254. The SMILES string of the molecule is COC(=O)C1C[C@H](OC(=O)c2ccccc2)CN1C(c1ccccc1)(c1ccccc1)c1ccccc1. The lowest BCUT2D eigenvalue weighted by Crippen LogP contribution is -2.53. The van der Waals surface area contributed by atoms with Gasteiger partial charge < -0.3 is 9.47 Å². The van der Waals surface area contributed by atoms with Crippen LogP contribution in [0.25, 0.3) is 0 Å². The minimum absolute atomic E-state index is 0.333. The van der Waals surface area contributed by atoms with Crippen molar-refractivity contribution in [2.75, 3.05) is 13.7 Å². The zero-order valence-electron chi connectivity index (χ0n) is 20.7. The van der Waals surface area contributed by atoms with Gasteiger partial charge in [0.15, 0.2) is 0 Å². The Bertz CT molecular complexity index is 1230. The highest BCUT2D eigenvalue weighted by atomic mass is 16.5. The van der Waals surface area contributed by atoms with Crippen LogP contribution in [0, 0.1) is 0 Å². The number of methoxy groups -OCH3 is 1. The molecule has 0 amide bonds. The maximum absolute atomic E-state index is 13.3. The van der Waals surface area contributed by atoms with Crippen LogP contribution in [0.15, 0.2) is 121 Å². The number of likely N-dealkylation sites (tertiary alicyclic amines) is 1. The van der Waals surface area contributed by atoms with Crippen LogP contribution in [0.3, 0.4) is 0 Å². The van der Waals surface area contributed by atoms with Gasteiger partial charge in [0.2, 0.25) is 0 Å². The third-order valence-corrected chi connectivity index (χ3v) is 7.02. The van der Waals surface area contributed by atoms with Gasteiger partial charge in [-0.15, -0.1) is 0 Å². The van der Waals surface area contributed by atoms with E-state index in [1.165, 1.54) is 7.11 Å². The van der Waals surface area contributed by atoms with Gasteiger partial charge in [0.05, 0.1) is 18.2 Å². The van der Waals surface area contributed by atoms with E-state index in [-0.39, 0.29) is 5.97 Å². The normalized spacial score (nSPS) is 17.8. The lowest BCUT2D eigenvalue weighted by molar-refractivity contribution is -0.147. The van der Waals surface area contributed by atoms with Crippen LogP contribution in [-0.2, 0) is 19.8 Å². The molecule has 0 N–H and O–H groups in total. The van der Waals surface area contributed by atoms with Gasteiger partial charge in [-0.3, -0.25) is 9.69 Å². The number of rotatable bonds is 7. The van der Waals surface area contributed by atoms with Crippen molar-refractivity contribution < 1.29 is 19.1 Å². The van der Waals surface area contributed by atoms with Crippen molar-refractivity contribution in [1.82, 2.24) is 4.90 Å². The van der Waals surface area contributed by atoms with Gasteiger partial charge in [0, 0.05) is 13.0 Å². The Labute approximate surface area is 217 Å². The van der Waals surface area contributed by atoms with Crippen LogP contribution in [0.2, 0.25) is 0 Å². The molecule has 1 heterocycles. The van der Waals surface area contributed by atoms with Crippen LogP contribution in [0.4, 0.5) is 0 Å². The number of ether oxygens (including phenoxy) is 2. The first-order chi connectivity index (χ1) is 18.1. The molecule has 5 rings (SSSR count). The molecule has 37 heavy (non-hydrogen) atoms. The van der Waals surface area contributed by atoms with Crippen LogP contribution in [-0.4, -0.2) is 42.6 Å². The zero-order valence-corrected chi connectivity index (χ0v) is 20.7. The first kappa shape index (κ1) is 24.5. The highest BCUT2D eigenvalue weighted by Crippen LogP contribution is 2.46. The van der Waals surface area contributed by atoms with Crippen LogP contribution in [0.1, 0.15) is 33.5 Å². The Morgan fingerprint density at radius 3 is 1.57 bits per heavy atom. The van der Waals surface area contributed by atoms with E-state index in [0.29, 0.717) is 18.5 Å². The fourth-order valence-corrected chi connectivity index (χ4v) is 5.44. The van der Waals surface area contributed by atoms with Gasteiger partial charge in [0.25, 0.3) is 0 Å². The molecule has 5 heteroatoms. The fourth-order valence-electron chi connectivity index (χ4n) is 5.44. The third-order valence-electron chi connectivity index (χ3n) is 7.02. The van der Waals surface area contributed by atoms with E-state index in [9.17, 15) is 9.59 Å². The monoisotopic (exact) mass is 491 g/mol. The standard InChI is InChI=1S/C32H29NO4/c1-36-31(35)29-22-28(37-30(34)24-14-6-2-7-15-24)23-33(29)32(25-16-8-3-9-17-25,26-18-10-4-11-19-26)27-20-12-5-13-21-27/h2-21,28-29H,22-23H2,1H3/t28-,29?/m0/s1. The number of esters is 2. The maximum atomic E-state index is 13.3. The molecule has 2 atom stereocenters. The summed E-state index contributed by atoms with van der Waals surface area (Å²) in [5, 5.41) is 0. The zero-order chi connectivity index (χ0) is 25.7. The van der Waals surface area contributed by atoms with Crippen molar-refractivity contribution in [2.24, 2.45) is 0 Å². The lowest BCUT2D eigenvalue weighted by atomic mass is 9.75. The molecular weight excluding hydrogens is 462 g/mol. The topological polar surface area (TPSA) is 55.8 Å². The maximum Gasteiger partial charge on any atom is 0.338 e. The summed E-state index contributed by atoms with van der Waals surface area (Å²) in [5.41, 5.74) is 2.69. The number of carbonyl (C=O) groups is 2. The fraction of sp³-hybridized carbons (Fsp3) is 0.188. The van der Waals surface area contributed by atoms with Crippen LogP contribution in [0.5, 0.6) is 0 Å². The van der Waals surface area contributed by atoms with E-state index >= 15 is 0 Å². The summed E-state index contributed by atoms with van der Waals surface area (Å²) in [7, 11) is 1.40. The summed E-state index contributed by atoms with van der Waals surface area (Å²) in [5.74, 6) is -0.758. The molecule has 1 saturated heterocycles. The van der Waals surface area contributed by atoms with Gasteiger partial charge in [-0.25, -0.2) is 4.79 Å². The van der Waals surface area contributed by atoms with E-state index in [1.807, 2.05) is 60.7 Å². The Morgan fingerprint density at radius 1 is 0.703 bits per heavy atom. The van der Waals surface area contributed by atoms with Gasteiger partial charge in [-0.05, 0) is 28.8 Å². The van der Waals surface area contributed by atoms with Crippen LogP contribution >= 0.6 is 0 Å². The van der Waals surface area contributed by atoms with Crippen molar-refractivity contribution in [3.05, 3.63) is 144 Å². The predicted molar refractivity (Wildman–Crippen MR) is 142 cm³/mol. The summed E-state index contributed by atoms with van der Waals surface area (Å²) < 4.78 is 11.3. The Kier molecular flexibility index (Phi) is 7.15. The number of carbonyl (C=O) groups excluding carboxylic acids is 2. The first-order valence-corrected chi connectivity index (χ1v) is 12.4. The molecule has 4 aromatic carbocycles. The minimum Gasteiger partial charge on any atom is -0.468 e. The molecule has 1 aliphatic heterocycles. The van der Waals surface area contributed by atoms with Crippen molar-refractivity contribution >= 4 is 11.9 Å². The van der Waals surface area contributed by atoms with Gasteiger partial charge >= 0.3 is 11.9 Å². The van der Waals surface area contributed by atoms with E-state index < -0.39 is 23.7 Å². The summed E-state index contributed by atoms with van der Waals surface area (Å²) in [6.45, 7) is 0.358. The highest BCUT2D eigenvalue weighted by Gasteiger charge is 2.52. The number of nitrogens with zero attached hydrogens (tertiary/aromatic N) is 1. The molecule has 0 radical (unpaired) electrons. The van der Waals surface area contributed by atoms with Gasteiger partial charge in [-0.1, -0.05) is 109 Å². The molecular formula is C32H29NO4. The van der Waals surface area contributed by atoms with E-state index in [0.717, 1.165) is 16.7 Å². The molecule has 1 fully saturated rings. The van der Waals surface area contributed by atoms with E-state index in [1.54, 1.807) is 24.3 Å². The number of benzene rings is 4. The molecule has 0 aromatic heterocycles. The number of hydrogen-bond acceptors (Lipinski definition) is 5. The van der Waals surface area contributed by atoms with Crippen molar-refractivity contribution in [2.45, 2.75) is 24.1 Å². The largest absolute Gasteiger partial charge is 0.468 e. The summed E-state index contributed by atoms with van der Waals surface area (Å²) in [6.07, 6.45) is -0.160. The second-order valence-electron chi connectivity index (χ2n) is 9.13.